The van der Waals surface area contributed by atoms with Crippen molar-refractivity contribution >= 4 is 17.7 Å². The third-order valence-corrected chi connectivity index (χ3v) is 5.01. The maximum Gasteiger partial charge on any atom is 0.317 e. The monoisotopic (exact) mass is 386 g/mol. The molecule has 27 heavy (non-hydrogen) atoms. The van der Waals surface area contributed by atoms with Crippen LogP contribution in [0, 0.1) is 19.7 Å². The molecule has 3 rings (SSSR count). The summed E-state index contributed by atoms with van der Waals surface area (Å²) < 4.78 is 23.9. The highest BCUT2D eigenvalue weighted by molar-refractivity contribution is 8.00. The van der Waals surface area contributed by atoms with Gasteiger partial charge < -0.3 is 9.15 Å². The number of carbonyl (C=O) groups excluding carboxylic acids is 1. The summed E-state index contributed by atoms with van der Waals surface area (Å²) in [6.07, 6.45) is -0.668. The Hall–Kier alpha value is -2.67. The molecule has 0 N–H and O–H groups in total. The van der Waals surface area contributed by atoms with Crippen LogP contribution < -0.4 is 0 Å². The Morgan fingerprint density at radius 3 is 2.63 bits per heavy atom. The first-order valence-corrected chi connectivity index (χ1v) is 9.40. The second kappa shape index (κ2) is 8.35. The third-order valence-electron chi connectivity index (χ3n) is 3.86. The van der Waals surface area contributed by atoms with Gasteiger partial charge in [0.15, 0.2) is 6.10 Å². The van der Waals surface area contributed by atoms with E-state index >= 15 is 0 Å². The van der Waals surface area contributed by atoms with Crippen LogP contribution in [0.15, 0.2) is 51.8 Å². The molecule has 140 valence electrons. The van der Waals surface area contributed by atoms with Crippen LogP contribution in [-0.4, -0.2) is 21.9 Å². The Kier molecular flexibility index (Phi) is 5.91. The zero-order valence-corrected chi connectivity index (χ0v) is 16.0. The van der Waals surface area contributed by atoms with Crippen molar-refractivity contribution < 1.29 is 18.3 Å². The number of hydrogen-bond acceptors (Lipinski definition) is 6. The topological polar surface area (TPSA) is 65.2 Å². The molecule has 0 spiro atoms. The van der Waals surface area contributed by atoms with Crippen LogP contribution >= 0.6 is 11.8 Å². The molecular weight excluding hydrogens is 367 g/mol. The van der Waals surface area contributed by atoms with Gasteiger partial charge in [-0.25, -0.2) is 4.39 Å². The van der Waals surface area contributed by atoms with E-state index in [0.29, 0.717) is 5.56 Å². The van der Waals surface area contributed by atoms with Gasteiger partial charge in [-0.1, -0.05) is 17.7 Å². The normalized spacial score (nSPS) is 12.0. The van der Waals surface area contributed by atoms with Gasteiger partial charge in [0.1, 0.15) is 5.82 Å². The lowest BCUT2D eigenvalue weighted by Crippen LogP contribution is -2.11. The number of esters is 1. The molecule has 0 fully saturated rings. The van der Waals surface area contributed by atoms with Crippen molar-refractivity contribution in [2.24, 2.45) is 0 Å². The second-order valence-electron chi connectivity index (χ2n) is 6.14. The number of rotatable bonds is 6. The number of nitrogens with zero attached hydrogens (tertiary/aromatic N) is 2. The van der Waals surface area contributed by atoms with E-state index < -0.39 is 6.10 Å². The van der Waals surface area contributed by atoms with Crippen molar-refractivity contribution in [2.45, 2.75) is 31.8 Å². The first-order valence-electron chi connectivity index (χ1n) is 8.41. The third kappa shape index (κ3) is 4.95. The van der Waals surface area contributed by atoms with Crippen molar-refractivity contribution in [2.75, 3.05) is 5.75 Å². The standard InChI is InChI=1S/C20H19FN2O3S/c1-12-4-9-17(13(2)10-12)27-11-18(24)25-14(3)19-22-23-20(26-19)15-5-7-16(21)8-6-15/h4-10,14H,11H2,1-3H3/t14-/m0/s1. The molecule has 0 bridgehead atoms. The van der Waals surface area contributed by atoms with E-state index in [1.165, 1.54) is 29.5 Å². The van der Waals surface area contributed by atoms with Gasteiger partial charge in [-0.2, -0.15) is 0 Å². The predicted molar refractivity (Wildman–Crippen MR) is 101 cm³/mol. The van der Waals surface area contributed by atoms with Crippen molar-refractivity contribution in [1.82, 2.24) is 10.2 Å². The van der Waals surface area contributed by atoms with E-state index in [2.05, 4.69) is 16.3 Å². The summed E-state index contributed by atoms with van der Waals surface area (Å²) in [5, 5.41) is 7.84. The molecule has 1 heterocycles. The van der Waals surface area contributed by atoms with Gasteiger partial charge in [-0.15, -0.1) is 22.0 Å². The largest absolute Gasteiger partial charge is 0.452 e. The predicted octanol–water partition coefficient (Wildman–Crippen LogP) is 4.89. The summed E-state index contributed by atoms with van der Waals surface area (Å²) in [6, 6.07) is 11.8. The number of aryl methyl sites for hydroxylation is 2. The number of aromatic nitrogens is 2. The minimum Gasteiger partial charge on any atom is -0.452 e. The number of ether oxygens (including phenoxy) is 1. The fraction of sp³-hybridized carbons (Fsp3) is 0.250. The average molecular weight is 386 g/mol. The van der Waals surface area contributed by atoms with Crippen LogP contribution in [0.25, 0.3) is 11.5 Å². The fourth-order valence-electron chi connectivity index (χ4n) is 2.49. The van der Waals surface area contributed by atoms with Gasteiger partial charge in [0.05, 0.1) is 5.75 Å². The van der Waals surface area contributed by atoms with E-state index in [4.69, 9.17) is 9.15 Å². The van der Waals surface area contributed by atoms with Crippen LogP contribution in [-0.2, 0) is 9.53 Å². The maximum atomic E-state index is 13.0. The van der Waals surface area contributed by atoms with E-state index in [0.717, 1.165) is 10.5 Å². The van der Waals surface area contributed by atoms with Crippen molar-refractivity contribution in [1.29, 1.82) is 0 Å². The number of halogens is 1. The number of thioether (sulfide) groups is 1. The van der Waals surface area contributed by atoms with Crippen LogP contribution in [0.2, 0.25) is 0 Å². The lowest BCUT2D eigenvalue weighted by Gasteiger charge is -2.10. The van der Waals surface area contributed by atoms with E-state index in [9.17, 15) is 9.18 Å². The summed E-state index contributed by atoms with van der Waals surface area (Å²) in [4.78, 5) is 13.2. The quantitative estimate of drug-likeness (QED) is 0.444. The summed E-state index contributed by atoms with van der Waals surface area (Å²) in [5.41, 5.74) is 2.90. The summed E-state index contributed by atoms with van der Waals surface area (Å²) in [5.74, 6) is -0.0828. The zero-order valence-electron chi connectivity index (χ0n) is 15.2. The highest BCUT2D eigenvalue weighted by atomic mass is 32.2. The Balaban J connectivity index is 1.57. The van der Waals surface area contributed by atoms with Gasteiger partial charge in [-0.3, -0.25) is 4.79 Å². The molecule has 2 aromatic carbocycles. The SMILES string of the molecule is Cc1ccc(SCC(=O)O[C@@H](C)c2nnc(-c3ccc(F)cc3)o2)c(C)c1. The molecule has 0 unspecified atom stereocenters. The number of hydrogen-bond donors (Lipinski definition) is 0. The molecule has 3 aromatic rings. The lowest BCUT2D eigenvalue weighted by atomic mass is 10.2. The molecule has 0 saturated carbocycles. The number of carbonyl (C=O) groups is 1. The van der Waals surface area contributed by atoms with Crippen molar-refractivity contribution in [3.05, 3.63) is 65.3 Å². The van der Waals surface area contributed by atoms with E-state index in [-0.39, 0.29) is 29.3 Å². The molecule has 5 nitrogen and oxygen atoms in total. The van der Waals surface area contributed by atoms with Crippen LogP contribution in [0.4, 0.5) is 4.39 Å². The van der Waals surface area contributed by atoms with Crippen LogP contribution in [0.5, 0.6) is 0 Å². The Morgan fingerprint density at radius 2 is 1.93 bits per heavy atom. The minimum atomic E-state index is -0.668. The molecule has 0 aliphatic rings. The minimum absolute atomic E-state index is 0.188. The van der Waals surface area contributed by atoms with Gasteiger partial charge >= 0.3 is 5.97 Å². The Labute approximate surface area is 161 Å². The Morgan fingerprint density at radius 1 is 1.19 bits per heavy atom. The molecule has 0 saturated heterocycles. The van der Waals surface area contributed by atoms with Crippen LogP contribution in [0.3, 0.4) is 0 Å². The van der Waals surface area contributed by atoms with Gasteiger partial charge in [0, 0.05) is 10.5 Å². The number of benzene rings is 2. The summed E-state index contributed by atoms with van der Waals surface area (Å²) >= 11 is 1.43. The Bertz CT molecular complexity index is 941. The van der Waals surface area contributed by atoms with Crippen molar-refractivity contribution in [3.63, 3.8) is 0 Å². The highest BCUT2D eigenvalue weighted by Crippen LogP contribution is 2.25. The molecule has 7 heteroatoms. The molecule has 0 aliphatic heterocycles. The first-order chi connectivity index (χ1) is 12.9. The van der Waals surface area contributed by atoms with E-state index in [1.54, 1.807) is 19.1 Å². The lowest BCUT2D eigenvalue weighted by molar-refractivity contribution is -0.146. The van der Waals surface area contributed by atoms with E-state index in [1.807, 2.05) is 26.0 Å². The summed E-state index contributed by atoms with van der Waals surface area (Å²) in [6.45, 7) is 5.71. The summed E-state index contributed by atoms with van der Waals surface area (Å²) in [7, 11) is 0. The smallest absolute Gasteiger partial charge is 0.317 e. The average Bonchev–Trinajstić information content (AvgIpc) is 3.12. The molecule has 0 radical (unpaired) electrons. The van der Waals surface area contributed by atoms with Crippen LogP contribution in [0.1, 0.15) is 30.0 Å². The van der Waals surface area contributed by atoms with Gasteiger partial charge in [0.2, 0.25) is 5.89 Å². The maximum absolute atomic E-state index is 13.0. The van der Waals surface area contributed by atoms with Crippen molar-refractivity contribution in [3.8, 4) is 11.5 Å². The van der Waals surface area contributed by atoms with Gasteiger partial charge in [-0.05, 0) is 56.7 Å². The first kappa shape index (κ1) is 19.1. The molecular formula is C20H19FN2O3S. The highest BCUT2D eigenvalue weighted by Gasteiger charge is 2.19. The zero-order chi connectivity index (χ0) is 19.4. The molecule has 1 aromatic heterocycles. The molecule has 0 aliphatic carbocycles. The molecule has 0 amide bonds. The molecule has 1 atom stereocenters. The van der Waals surface area contributed by atoms with Gasteiger partial charge in [0.25, 0.3) is 5.89 Å². The fourth-order valence-corrected chi connectivity index (χ4v) is 3.28. The second-order valence-corrected chi connectivity index (χ2v) is 7.16.